The van der Waals surface area contributed by atoms with E-state index in [2.05, 4.69) is 10.6 Å². The highest BCUT2D eigenvalue weighted by Gasteiger charge is 2.07. The Bertz CT molecular complexity index is 796. The van der Waals surface area contributed by atoms with E-state index in [9.17, 15) is 14.0 Å². The number of hydrogen-bond acceptors (Lipinski definition) is 3. The minimum Gasteiger partial charge on any atom is -0.376 e. The molecule has 2 N–H and O–H groups in total. The summed E-state index contributed by atoms with van der Waals surface area (Å²) in [5.74, 6) is -0.695. The third-order valence-corrected chi connectivity index (χ3v) is 4.00. The van der Waals surface area contributed by atoms with Crippen molar-refractivity contribution in [1.82, 2.24) is 4.90 Å². The monoisotopic (exact) mass is 377 g/mol. The van der Waals surface area contributed by atoms with Crippen LogP contribution in [0.1, 0.15) is 12.0 Å². The number of halogens is 2. The Morgan fingerprint density at radius 1 is 1.12 bits per heavy atom. The highest BCUT2D eigenvalue weighted by molar-refractivity contribution is 6.31. The van der Waals surface area contributed by atoms with Crippen LogP contribution in [-0.4, -0.2) is 37.4 Å². The number of anilines is 2. The van der Waals surface area contributed by atoms with Gasteiger partial charge in [-0.1, -0.05) is 23.7 Å². The third-order valence-electron chi connectivity index (χ3n) is 3.71. The fourth-order valence-corrected chi connectivity index (χ4v) is 2.45. The Balaban J connectivity index is 1.87. The molecule has 0 atom stereocenters. The van der Waals surface area contributed by atoms with Gasteiger partial charge in [0.15, 0.2) is 0 Å². The molecule has 0 saturated heterocycles. The lowest BCUT2D eigenvalue weighted by atomic mass is 10.1. The maximum absolute atomic E-state index is 13.1. The molecule has 0 aliphatic carbocycles. The predicted octanol–water partition coefficient (Wildman–Crippen LogP) is 3.55. The van der Waals surface area contributed by atoms with Crippen LogP contribution in [-0.2, 0) is 16.0 Å². The van der Waals surface area contributed by atoms with Crippen molar-refractivity contribution in [1.29, 1.82) is 0 Å². The third kappa shape index (κ3) is 6.04. The topological polar surface area (TPSA) is 61.4 Å². The summed E-state index contributed by atoms with van der Waals surface area (Å²) in [7, 11) is 3.45. The number of rotatable bonds is 7. The molecule has 0 radical (unpaired) electrons. The van der Waals surface area contributed by atoms with Gasteiger partial charge in [0.1, 0.15) is 5.82 Å². The summed E-state index contributed by atoms with van der Waals surface area (Å²) in [6.45, 7) is 0.0192. The number of hydrogen-bond donors (Lipinski definition) is 2. The maximum atomic E-state index is 13.1. The molecule has 0 unspecified atom stereocenters. The maximum Gasteiger partial charge on any atom is 0.243 e. The number of carbonyl (C=O) groups is 2. The molecule has 0 heterocycles. The van der Waals surface area contributed by atoms with Crippen molar-refractivity contribution in [2.75, 3.05) is 31.3 Å². The van der Waals surface area contributed by atoms with Crippen LogP contribution in [0.2, 0.25) is 5.02 Å². The fraction of sp³-hybridized carbons (Fsp3) is 0.263. The lowest BCUT2D eigenvalue weighted by Crippen LogP contribution is -2.22. The molecule has 2 amide bonds. The van der Waals surface area contributed by atoms with Crippen LogP contribution in [0.25, 0.3) is 0 Å². The van der Waals surface area contributed by atoms with Gasteiger partial charge >= 0.3 is 0 Å². The number of amides is 2. The van der Waals surface area contributed by atoms with Gasteiger partial charge in [0.25, 0.3) is 0 Å². The smallest absolute Gasteiger partial charge is 0.243 e. The van der Waals surface area contributed by atoms with Gasteiger partial charge < -0.3 is 15.5 Å². The largest absolute Gasteiger partial charge is 0.376 e. The van der Waals surface area contributed by atoms with Gasteiger partial charge in [-0.05, 0) is 42.3 Å². The molecule has 138 valence electrons. The highest BCUT2D eigenvalue weighted by atomic mass is 35.5. The standard InChI is InChI=1S/C19H21ClFN3O2/c1-24(2)19(26)9-6-13-4-3-5-15(10-13)23-18(25)12-22-14-7-8-17(21)16(20)11-14/h3-5,7-8,10-11,22H,6,9,12H2,1-2H3,(H,23,25). The SMILES string of the molecule is CN(C)C(=O)CCc1cccc(NC(=O)CNc2ccc(F)c(Cl)c2)c1. The Kier molecular flexibility index (Phi) is 6.97. The lowest BCUT2D eigenvalue weighted by molar-refractivity contribution is -0.128. The van der Waals surface area contributed by atoms with Gasteiger partial charge in [-0.25, -0.2) is 4.39 Å². The number of nitrogens with one attached hydrogen (secondary N) is 2. The van der Waals surface area contributed by atoms with Gasteiger partial charge in [0.05, 0.1) is 11.6 Å². The van der Waals surface area contributed by atoms with E-state index in [1.165, 1.54) is 18.2 Å². The van der Waals surface area contributed by atoms with E-state index >= 15 is 0 Å². The van der Waals surface area contributed by atoms with Gasteiger partial charge in [0, 0.05) is 31.9 Å². The van der Waals surface area contributed by atoms with E-state index in [0.717, 1.165) is 5.56 Å². The Labute approximate surface area is 157 Å². The van der Waals surface area contributed by atoms with Crippen LogP contribution in [0.15, 0.2) is 42.5 Å². The van der Waals surface area contributed by atoms with Crippen molar-refractivity contribution in [3.8, 4) is 0 Å². The Morgan fingerprint density at radius 2 is 1.88 bits per heavy atom. The molecular weight excluding hydrogens is 357 g/mol. The normalized spacial score (nSPS) is 10.3. The molecule has 0 aromatic heterocycles. The zero-order chi connectivity index (χ0) is 19.1. The van der Waals surface area contributed by atoms with Gasteiger partial charge in [-0.15, -0.1) is 0 Å². The fourth-order valence-electron chi connectivity index (χ4n) is 2.27. The first kappa shape index (κ1) is 19.7. The number of carbonyl (C=O) groups excluding carboxylic acids is 2. The van der Waals surface area contributed by atoms with Crippen LogP contribution in [0.5, 0.6) is 0 Å². The second-order valence-corrected chi connectivity index (χ2v) is 6.43. The van der Waals surface area contributed by atoms with Crippen molar-refractivity contribution in [2.45, 2.75) is 12.8 Å². The Morgan fingerprint density at radius 3 is 2.58 bits per heavy atom. The molecule has 0 aliphatic heterocycles. The second kappa shape index (κ2) is 9.20. The summed E-state index contributed by atoms with van der Waals surface area (Å²) >= 11 is 5.71. The van der Waals surface area contributed by atoms with E-state index < -0.39 is 5.82 Å². The van der Waals surface area contributed by atoms with Crippen molar-refractivity contribution in [3.63, 3.8) is 0 Å². The molecule has 2 rings (SSSR count). The Hall–Kier alpha value is -2.60. The zero-order valence-electron chi connectivity index (χ0n) is 14.7. The summed E-state index contributed by atoms with van der Waals surface area (Å²) in [6.07, 6.45) is 1.02. The van der Waals surface area contributed by atoms with E-state index in [1.54, 1.807) is 25.1 Å². The zero-order valence-corrected chi connectivity index (χ0v) is 15.4. The van der Waals surface area contributed by atoms with Crippen LogP contribution >= 0.6 is 11.6 Å². The second-order valence-electron chi connectivity index (χ2n) is 6.02. The van der Waals surface area contributed by atoms with E-state index in [4.69, 9.17) is 11.6 Å². The molecule has 2 aromatic carbocycles. The van der Waals surface area contributed by atoms with Gasteiger partial charge in [-0.3, -0.25) is 9.59 Å². The summed E-state index contributed by atoms with van der Waals surface area (Å²) in [4.78, 5) is 25.3. The van der Waals surface area contributed by atoms with Crippen LogP contribution in [0.4, 0.5) is 15.8 Å². The molecule has 0 aliphatic rings. The first-order valence-corrected chi connectivity index (χ1v) is 8.51. The van der Waals surface area contributed by atoms with E-state index in [-0.39, 0.29) is 23.4 Å². The summed E-state index contributed by atoms with van der Waals surface area (Å²) < 4.78 is 13.1. The predicted molar refractivity (Wildman–Crippen MR) is 102 cm³/mol. The van der Waals surface area contributed by atoms with Crippen molar-refractivity contribution >= 4 is 34.8 Å². The van der Waals surface area contributed by atoms with Crippen LogP contribution in [0.3, 0.4) is 0 Å². The summed E-state index contributed by atoms with van der Waals surface area (Å²) in [5.41, 5.74) is 2.18. The van der Waals surface area contributed by atoms with Crippen molar-refractivity contribution < 1.29 is 14.0 Å². The molecule has 0 saturated carbocycles. The molecule has 0 fully saturated rings. The van der Waals surface area contributed by atoms with Crippen LogP contribution in [0, 0.1) is 5.82 Å². The summed E-state index contributed by atoms with van der Waals surface area (Å²) in [6, 6.07) is 11.5. The van der Waals surface area contributed by atoms with Crippen molar-refractivity contribution in [3.05, 3.63) is 58.9 Å². The number of nitrogens with zero attached hydrogens (tertiary/aromatic N) is 1. The first-order chi connectivity index (χ1) is 12.3. The average Bonchev–Trinajstić information content (AvgIpc) is 2.61. The molecule has 0 spiro atoms. The molecule has 2 aromatic rings. The molecule has 7 heteroatoms. The lowest BCUT2D eigenvalue weighted by Gasteiger charge is -2.11. The minimum absolute atomic E-state index is 0.00428. The van der Waals surface area contributed by atoms with E-state index in [1.807, 2.05) is 18.2 Å². The van der Waals surface area contributed by atoms with Crippen LogP contribution < -0.4 is 10.6 Å². The molecule has 5 nitrogen and oxygen atoms in total. The minimum atomic E-state index is -0.508. The quantitative estimate of drug-likeness (QED) is 0.775. The van der Waals surface area contributed by atoms with Gasteiger partial charge in [-0.2, -0.15) is 0 Å². The van der Waals surface area contributed by atoms with E-state index in [0.29, 0.717) is 24.2 Å². The average molecular weight is 378 g/mol. The number of benzene rings is 2. The highest BCUT2D eigenvalue weighted by Crippen LogP contribution is 2.19. The molecular formula is C19H21ClFN3O2. The molecule has 26 heavy (non-hydrogen) atoms. The summed E-state index contributed by atoms with van der Waals surface area (Å²) in [5, 5.41) is 5.67. The molecule has 0 bridgehead atoms. The van der Waals surface area contributed by atoms with Crippen molar-refractivity contribution in [2.24, 2.45) is 0 Å². The first-order valence-electron chi connectivity index (χ1n) is 8.13. The van der Waals surface area contributed by atoms with Gasteiger partial charge in [0.2, 0.25) is 11.8 Å². The number of aryl methyl sites for hydroxylation is 1.